The van der Waals surface area contributed by atoms with Gasteiger partial charge in [0.25, 0.3) is 0 Å². The summed E-state index contributed by atoms with van der Waals surface area (Å²) >= 11 is 0. The molecule has 0 saturated carbocycles. The molecule has 0 radical (unpaired) electrons. The summed E-state index contributed by atoms with van der Waals surface area (Å²) < 4.78 is 9.90. The van der Waals surface area contributed by atoms with E-state index in [9.17, 15) is 4.79 Å². The lowest BCUT2D eigenvalue weighted by Gasteiger charge is -2.39. The smallest absolute Gasteiger partial charge is 0.409 e. The van der Waals surface area contributed by atoms with Crippen molar-refractivity contribution in [3.05, 3.63) is 0 Å². The largest absolute Gasteiger partial charge is 0.453 e. The van der Waals surface area contributed by atoms with Gasteiger partial charge in [-0.25, -0.2) is 4.79 Å². The number of aliphatic hydroxyl groups is 1. The minimum Gasteiger partial charge on any atom is -0.453 e. The van der Waals surface area contributed by atoms with E-state index in [4.69, 9.17) is 9.84 Å². The van der Waals surface area contributed by atoms with Crippen molar-refractivity contribution in [2.75, 3.05) is 33.5 Å². The van der Waals surface area contributed by atoms with Crippen LogP contribution in [0, 0.1) is 0 Å². The van der Waals surface area contributed by atoms with Crippen LogP contribution in [0.5, 0.6) is 0 Å². The fraction of sp³-hybridized carbons (Fsp3) is 0.889. The van der Waals surface area contributed by atoms with E-state index in [0.29, 0.717) is 19.6 Å². The van der Waals surface area contributed by atoms with Crippen LogP contribution in [-0.4, -0.2) is 55.6 Å². The van der Waals surface area contributed by atoms with Gasteiger partial charge in [-0.3, -0.25) is 0 Å². The second kappa shape index (κ2) is 5.82. The van der Waals surface area contributed by atoms with Gasteiger partial charge < -0.3 is 19.5 Å². The summed E-state index contributed by atoms with van der Waals surface area (Å²) in [4.78, 5) is 12.8. The quantitative estimate of drug-likeness (QED) is 0.650. The average Bonchev–Trinajstić information content (AvgIpc) is 2.15. The number of rotatable bonds is 5. The van der Waals surface area contributed by atoms with E-state index >= 15 is 0 Å². The Bertz CT molecular complexity index is 186. The lowest BCUT2D eigenvalue weighted by atomic mass is 10.1. The van der Waals surface area contributed by atoms with Crippen LogP contribution in [0.1, 0.15) is 12.8 Å². The number of hydrogen-bond donors (Lipinski definition) is 1. The van der Waals surface area contributed by atoms with E-state index in [1.807, 2.05) is 0 Å². The topological polar surface area (TPSA) is 59.0 Å². The third-order valence-electron chi connectivity index (χ3n) is 2.31. The molecule has 0 bridgehead atoms. The number of hydrogen-bond acceptors (Lipinski definition) is 4. The molecule has 1 saturated heterocycles. The van der Waals surface area contributed by atoms with Crippen LogP contribution >= 0.6 is 0 Å². The van der Waals surface area contributed by atoms with Crippen LogP contribution in [-0.2, 0) is 9.47 Å². The molecule has 1 aliphatic rings. The van der Waals surface area contributed by atoms with E-state index in [1.165, 1.54) is 7.11 Å². The van der Waals surface area contributed by atoms with Gasteiger partial charge in [0.2, 0.25) is 0 Å². The first-order valence-corrected chi connectivity index (χ1v) is 4.82. The highest BCUT2D eigenvalue weighted by atomic mass is 16.5. The second-order valence-electron chi connectivity index (χ2n) is 3.26. The van der Waals surface area contributed by atoms with Gasteiger partial charge in [0.1, 0.15) is 0 Å². The number of amides is 1. The summed E-state index contributed by atoms with van der Waals surface area (Å²) in [5.74, 6) is 0. The van der Waals surface area contributed by atoms with E-state index in [0.717, 1.165) is 13.0 Å². The molecule has 0 aromatic carbocycles. The zero-order valence-electron chi connectivity index (χ0n) is 8.44. The highest BCUT2D eigenvalue weighted by Gasteiger charge is 2.32. The first-order chi connectivity index (χ1) is 6.79. The van der Waals surface area contributed by atoms with Gasteiger partial charge in [0, 0.05) is 19.8 Å². The van der Waals surface area contributed by atoms with Crippen molar-refractivity contribution in [2.24, 2.45) is 0 Å². The Morgan fingerprint density at radius 1 is 1.64 bits per heavy atom. The SMILES string of the molecule is COC(=O)N1CCC1COCCCO. The van der Waals surface area contributed by atoms with Crippen molar-refractivity contribution in [1.82, 2.24) is 4.90 Å². The van der Waals surface area contributed by atoms with Crippen molar-refractivity contribution >= 4 is 6.09 Å². The van der Waals surface area contributed by atoms with Gasteiger partial charge in [-0.1, -0.05) is 0 Å². The van der Waals surface area contributed by atoms with Crippen LogP contribution in [0.25, 0.3) is 0 Å². The first-order valence-electron chi connectivity index (χ1n) is 4.82. The van der Waals surface area contributed by atoms with Crippen LogP contribution in [0.4, 0.5) is 4.79 Å². The van der Waals surface area contributed by atoms with Crippen LogP contribution in [0.3, 0.4) is 0 Å². The molecule has 1 aliphatic heterocycles. The monoisotopic (exact) mass is 203 g/mol. The highest BCUT2D eigenvalue weighted by Crippen LogP contribution is 2.18. The minimum atomic E-state index is -0.285. The maximum absolute atomic E-state index is 11.1. The van der Waals surface area contributed by atoms with E-state index in [-0.39, 0.29) is 18.7 Å². The summed E-state index contributed by atoms with van der Waals surface area (Å²) in [5, 5.41) is 8.52. The van der Waals surface area contributed by atoms with Gasteiger partial charge in [0.15, 0.2) is 0 Å². The molecule has 5 nitrogen and oxygen atoms in total. The second-order valence-corrected chi connectivity index (χ2v) is 3.26. The number of carbonyl (C=O) groups excluding carboxylic acids is 1. The van der Waals surface area contributed by atoms with Crippen LogP contribution < -0.4 is 0 Å². The van der Waals surface area contributed by atoms with Crippen molar-refractivity contribution in [3.63, 3.8) is 0 Å². The van der Waals surface area contributed by atoms with Gasteiger partial charge in [-0.2, -0.15) is 0 Å². The Hall–Kier alpha value is -0.810. The lowest BCUT2D eigenvalue weighted by molar-refractivity contribution is 0.00393. The van der Waals surface area contributed by atoms with E-state index < -0.39 is 0 Å². The van der Waals surface area contributed by atoms with Gasteiger partial charge in [-0.15, -0.1) is 0 Å². The molecule has 0 spiro atoms. The Balaban J connectivity index is 2.10. The molecule has 1 unspecified atom stereocenters. The summed E-state index contributed by atoms with van der Waals surface area (Å²) in [6.07, 6.45) is 1.33. The predicted octanol–water partition coefficient (Wildman–Crippen LogP) is 0.226. The summed E-state index contributed by atoms with van der Waals surface area (Å²) in [5.41, 5.74) is 0. The minimum absolute atomic E-state index is 0.144. The Morgan fingerprint density at radius 2 is 2.43 bits per heavy atom. The molecule has 0 aliphatic carbocycles. The average molecular weight is 203 g/mol. The fourth-order valence-corrected chi connectivity index (χ4v) is 1.36. The number of ether oxygens (including phenoxy) is 2. The Labute approximate surface area is 83.6 Å². The molecule has 1 rings (SSSR count). The molecule has 1 heterocycles. The first kappa shape index (κ1) is 11.3. The van der Waals surface area contributed by atoms with Gasteiger partial charge in [-0.05, 0) is 12.8 Å². The molecule has 0 aromatic rings. The zero-order valence-corrected chi connectivity index (χ0v) is 8.44. The third-order valence-corrected chi connectivity index (χ3v) is 2.31. The number of methoxy groups -OCH3 is 1. The Kier molecular flexibility index (Phi) is 4.69. The molecular weight excluding hydrogens is 186 g/mol. The van der Waals surface area contributed by atoms with E-state index in [1.54, 1.807) is 4.90 Å². The normalized spacial score (nSPS) is 20.4. The van der Waals surface area contributed by atoms with Gasteiger partial charge >= 0.3 is 6.09 Å². The summed E-state index contributed by atoms with van der Waals surface area (Å²) in [6.45, 7) is 1.98. The number of nitrogens with zero attached hydrogens (tertiary/aromatic N) is 1. The van der Waals surface area contributed by atoms with Crippen LogP contribution in [0.2, 0.25) is 0 Å². The van der Waals surface area contributed by atoms with Gasteiger partial charge in [0.05, 0.1) is 19.8 Å². The Morgan fingerprint density at radius 3 is 2.93 bits per heavy atom. The molecule has 82 valence electrons. The fourth-order valence-electron chi connectivity index (χ4n) is 1.36. The molecule has 14 heavy (non-hydrogen) atoms. The molecule has 0 aromatic heterocycles. The molecule has 1 fully saturated rings. The van der Waals surface area contributed by atoms with Crippen LogP contribution in [0.15, 0.2) is 0 Å². The summed E-state index contributed by atoms with van der Waals surface area (Å²) in [6, 6.07) is 0.154. The summed E-state index contributed by atoms with van der Waals surface area (Å²) in [7, 11) is 1.38. The molecule has 1 atom stereocenters. The molecule has 1 amide bonds. The third kappa shape index (κ3) is 2.85. The molecular formula is C9H17NO4. The highest BCUT2D eigenvalue weighted by molar-refractivity contribution is 5.68. The number of aliphatic hydroxyl groups excluding tert-OH is 1. The maximum Gasteiger partial charge on any atom is 0.409 e. The van der Waals surface area contributed by atoms with Crippen molar-refractivity contribution < 1.29 is 19.4 Å². The number of carbonyl (C=O) groups is 1. The number of likely N-dealkylation sites (tertiary alicyclic amines) is 1. The maximum atomic E-state index is 11.1. The van der Waals surface area contributed by atoms with E-state index in [2.05, 4.69) is 4.74 Å². The van der Waals surface area contributed by atoms with Crippen molar-refractivity contribution in [2.45, 2.75) is 18.9 Å². The van der Waals surface area contributed by atoms with Crippen molar-refractivity contribution in [1.29, 1.82) is 0 Å². The molecule has 1 N–H and O–H groups in total. The standard InChI is InChI=1S/C9H17NO4/c1-13-9(12)10-4-3-8(10)7-14-6-2-5-11/h8,11H,2-7H2,1H3. The molecule has 5 heteroatoms. The zero-order chi connectivity index (χ0) is 10.4. The lowest BCUT2D eigenvalue weighted by Crippen LogP contribution is -2.53. The van der Waals surface area contributed by atoms with Crippen molar-refractivity contribution in [3.8, 4) is 0 Å². The predicted molar refractivity (Wildman–Crippen MR) is 50.0 cm³/mol.